The topological polar surface area (TPSA) is 9.23 Å². The zero-order chi connectivity index (χ0) is 13.5. The molecule has 19 heavy (non-hydrogen) atoms. The summed E-state index contributed by atoms with van der Waals surface area (Å²) in [6, 6.07) is 20.9. The van der Waals surface area contributed by atoms with E-state index >= 15 is 0 Å². The van der Waals surface area contributed by atoms with E-state index in [9.17, 15) is 0 Å². The van der Waals surface area contributed by atoms with Crippen LogP contribution in [0.5, 0.6) is 0 Å². The lowest BCUT2D eigenvalue weighted by Gasteiger charge is -2.20. The minimum atomic E-state index is 0.145. The molecule has 1 unspecified atom stereocenters. The third-order valence-corrected chi connectivity index (χ3v) is 3.83. The van der Waals surface area contributed by atoms with Crippen molar-refractivity contribution in [3.8, 4) is 0 Å². The summed E-state index contributed by atoms with van der Waals surface area (Å²) in [4.78, 5) is 1.29. The van der Waals surface area contributed by atoms with Crippen molar-refractivity contribution in [3.05, 3.63) is 66.2 Å². The summed E-state index contributed by atoms with van der Waals surface area (Å²) in [5.41, 5.74) is 1.25. The van der Waals surface area contributed by atoms with E-state index in [1.54, 1.807) is 0 Å². The van der Waals surface area contributed by atoms with Crippen LogP contribution in [-0.2, 0) is 4.74 Å². The average molecular weight is 272 g/mol. The Hall–Kier alpha value is -1.25. The van der Waals surface area contributed by atoms with Gasteiger partial charge in [-0.15, -0.1) is 11.8 Å². The minimum Gasteiger partial charge on any atom is -0.370 e. The van der Waals surface area contributed by atoms with Gasteiger partial charge in [0.2, 0.25) is 0 Å². The standard InChI is InChI=1S/C17H20OS/c1-14(2)18-17(15-9-5-3-6-10-15)13-19-16-11-7-4-8-12-16/h3-12,14,17H,13H2,1-2H3. The Morgan fingerprint density at radius 1 is 0.895 bits per heavy atom. The first kappa shape index (κ1) is 14.2. The van der Waals surface area contributed by atoms with Crippen LogP contribution in [0.1, 0.15) is 25.5 Å². The lowest BCUT2D eigenvalue weighted by Crippen LogP contribution is -2.12. The Morgan fingerprint density at radius 2 is 1.47 bits per heavy atom. The van der Waals surface area contributed by atoms with Crippen molar-refractivity contribution in [2.24, 2.45) is 0 Å². The second-order valence-corrected chi connectivity index (χ2v) is 5.80. The van der Waals surface area contributed by atoms with Crippen LogP contribution in [0.4, 0.5) is 0 Å². The summed E-state index contributed by atoms with van der Waals surface area (Å²) < 4.78 is 6.04. The Morgan fingerprint density at radius 3 is 2.05 bits per heavy atom. The first-order valence-electron chi connectivity index (χ1n) is 6.64. The molecule has 0 aliphatic carbocycles. The third kappa shape index (κ3) is 4.73. The van der Waals surface area contributed by atoms with Crippen LogP contribution in [0, 0.1) is 0 Å². The van der Waals surface area contributed by atoms with E-state index in [0.717, 1.165) is 5.75 Å². The Bertz CT molecular complexity index is 467. The van der Waals surface area contributed by atoms with Crippen LogP contribution in [0.2, 0.25) is 0 Å². The highest BCUT2D eigenvalue weighted by atomic mass is 32.2. The van der Waals surface area contributed by atoms with Gasteiger partial charge in [-0.3, -0.25) is 0 Å². The van der Waals surface area contributed by atoms with Crippen molar-refractivity contribution in [3.63, 3.8) is 0 Å². The quantitative estimate of drug-likeness (QED) is 0.688. The van der Waals surface area contributed by atoms with Gasteiger partial charge in [0.15, 0.2) is 0 Å². The minimum absolute atomic E-state index is 0.145. The van der Waals surface area contributed by atoms with E-state index < -0.39 is 0 Å². The lowest BCUT2D eigenvalue weighted by atomic mass is 10.1. The maximum Gasteiger partial charge on any atom is 0.0922 e. The molecule has 0 aliphatic rings. The lowest BCUT2D eigenvalue weighted by molar-refractivity contribution is 0.0207. The van der Waals surface area contributed by atoms with Crippen LogP contribution in [0.25, 0.3) is 0 Å². The maximum absolute atomic E-state index is 6.04. The molecule has 0 spiro atoms. The van der Waals surface area contributed by atoms with Gasteiger partial charge in [-0.2, -0.15) is 0 Å². The van der Waals surface area contributed by atoms with Gasteiger partial charge in [0.05, 0.1) is 12.2 Å². The van der Waals surface area contributed by atoms with Gasteiger partial charge in [-0.1, -0.05) is 48.5 Å². The van der Waals surface area contributed by atoms with Crippen molar-refractivity contribution in [1.29, 1.82) is 0 Å². The molecule has 0 aromatic heterocycles. The van der Waals surface area contributed by atoms with Gasteiger partial charge < -0.3 is 4.74 Å². The van der Waals surface area contributed by atoms with E-state index in [1.165, 1.54) is 10.5 Å². The first-order chi connectivity index (χ1) is 9.25. The molecule has 0 saturated carbocycles. The molecule has 0 N–H and O–H groups in total. The first-order valence-corrected chi connectivity index (χ1v) is 7.62. The summed E-state index contributed by atoms with van der Waals surface area (Å²) in [7, 11) is 0. The molecule has 100 valence electrons. The van der Waals surface area contributed by atoms with Crippen molar-refractivity contribution in [2.75, 3.05) is 5.75 Å². The Labute approximate surface area is 120 Å². The molecule has 0 heterocycles. The van der Waals surface area contributed by atoms with Gasteiger partial charge in [-0.05, 0) is 31.5 Å². The fourth-order valence-corrected chi connectivity index (χ4v) is 2.86. The highest BCUT2D eigenvalue weighted by Crippen LogP contribution is 2.27. The van der Waals surface area contributed by atoms with Gasteiger partial charge in [0.1, 0.15) is 0 Å². The smallest absolute Gasteiger partial charge is 0.0922 e. The Kier molecular flexibility index (Phi) is 5.49. The molecule has 2 aromatic rings. The maximum atomic E-state index is 6.04. The number of thioether (sulfide) groups is 1. The molecule has 0 fully saturated rings. The molecular weight excluding hydrogens is 252 g/mol. The van der Waals surface area contributed by atoms with Gasteiger partial charge >= 0.3 is 0 Å². The highest BCUT2D eigenvalue weighted by Gasteiger charge is 2.13. The molecule has 2 rings (SSSR count). The van der Waals surface area contributed by atoms with Crippen LogP contribution >= 0.6 is 11.8 Å². The molecule has 0 radical (unpaired) electrons. The predicted molar refractivity (Wildman–Crippen MR) is 82.6 cm³/mol. The van der Waals surface area contributed by atoms with E-state index in [-0.39, 0.29) is 12.2 Å². The van der Waals surface area contributed by atoms with E-state index in [2.05, 4.69) is 62.4 Å². The summed E-state index contributed by atoms with van der Waals surface area (Å²) in [6.45, 7) is 4.17. The van der Waals surface area contributed by atoms with Crippen molar-refractivity contribution >= 4 is 11.8 Å². The monoisotopic (exact) mass is 272 g/mol. The van der Waals surface area contributed by atoms with Gasteiger partial charge in [-0.25, -0.2) is 0 Å². The molecule has 2 heteroatoms. The highest BCUT2D eigenvalue weighted by molar-refractivity contribution is 7.99. The molecule has 1 atom stereocenters. The fraction of sp³-hybridized carbons (Fsp3) is 0.294. The molecule has 0 amide bonds. The largest absolute Gasteiger partial charge is 0.370 e. The van der Waals surface area contributed by atoms with Crippen LogP contribution in [0.3, 0.4) is 0 Å². The number of benzene rings is 2. The van der Waals surface area contributed by atoms with Crippen LogP contribution < -0.4 is 0 Å². The summed E-state index contributed by atoms with van der Waals surface area (Å²) in [5, 5.41) is 0. The third-order valence-electron chi connectivity index (χ3n) is 2.75. The molecule has 1 nitrogen and oxygen atoms in total. The number of hydrogen-bond acceptors (Lipinski definition) is 2. The predicted octanol–water partition coefficient (Wildman–Crippen LogP) is 4.95. The number of ether oxygens (including phenoxy) is 1. The van der Waals surface area contributed by atoms with E-state index in [1.807, 2.05) is 23.9 Å². The zero-order valence-electron chi connectivity index (χ0n) is 11.5. The van der Waals surface area contributed by atoms with Crippen LogP contribution in [0.15, 0.2) is 65.6 Å². The van der Waals surface area contributed by atoms with Crippen molar-refractivity contribution in [2.45, 2.75) is 31.0 Å². The number of hydrogen-bond donors (Lipinski definition) is 0. The fourth-order valence-electron chi connectivity index (χ4n) is 1.90. The van der Waals surface area contributed by atoms with Gasteiger partial charge in [0, 0.05) is 10.6 Å². The summed E-state index contributed by atoms with van der Waals surface area (Å²) >= 11 is 1.84. The van der Waals surface area contributed by atoms with E-state index in [4.69, 9.17) is 4.74 Å². The Balaban J connectivity index is 2.02. The second kappa shape index (κ2) is 7.37. The van der Waals surface area contributed by atoms with Crippen molar-refractivity contribution < 1.29 is 4.74 Å². The van der Waals surface area contributed by atoms with Crippen molar-refractivity contribution in [1.82, 2.24) is 0 Å². The van der Waals surface area contributed by atoms with Crippen LogP contribution in [-0.4, -0.2) is 11.9 Å². The number of rotatable bonds is 6. The van der Waals surface area contributed by atoms with Gasteiger partial charge in [0.25, 0.3) is 0 Å². The SMILES string of the molecule is CC(C)OC(CSc1ccccc1)c1ccccc1. The molecule has 0 saturated heterocycles. The molecule has 2 aromatic carbocycles. The molecular formula is C17H20OS. The molecule has 0 aliphatic heterocycles. The molecule has 0 bridgehead atoms. The second-order valence-electron chi connectivity index (χ2n) is 4.71. The summed E-state index contributed by atoms with van der Waals surface area (Å²) in [6.07, 6.45) is 0.382. The average Bonchev–Trinajstić information content (AvgIpc) is 2.45. The van der Waals surface area contributed by atoms with E-state index in [0.29, 0.717) is 0 Å². The zero-order valence-corrected chi connectivity index (χ0v) is 12.3. The summed E-state index contributed by atoms with van der Waals surface area (Å²) in [5.74, 6) is 0.937. The normalized spacial score (nSPS) is 12.6.